The van der Waals surface area contributed by atoms with Crippen molar-refractivity contribution in [2.24, 2.45) is 0 Å². The first-order valence-electron chi connectivity index (χ1n) is 8.42. The Morgan fingerprint density at radius 3 is 2.48 bits per heavy atom. The lowest BCUT2D eigenvalue weighted by Crippen LogP contribution is -2.23. The van der Waals surface area contributed by atoms with E-state index < -0.39 is 0 Å². The number of benzene rings is 2. The molecular weight excluding hydrogens is 365 g/mol. The summed E-state index contributed by atoms with van der Waals surface area (Å²) in [6.45, 7) is 0.273. The van der Waals surface area contributed by atoms with Gasteiger partial charge in [0.15, 0.2) is 5.13 Å². The summed E-state index contributed by atoms with van der Waals surface area (Å²) in [6, 6.07) is 15.6. The number of carbonyl (C=O) groups is 2. The highest BCUT2D eigenvalue weighted by molar-refractivity contribution is 7.14. The third-order valence-corrected chi connectivity index (χ3v) is 4.59. The second-order valence-electron chi connectivity index (χ2n) is 5.88. The maximum atomic E-state index is 12.9. The van der Waals surface area contributed by atoms with E-state index in [1.165, 1.54) is 23.5 Å². The zero-order valence-electron chi connectivity index (χ0n) is 14.4. The molecule has 0 atom stereocenters. The van der Waals surface area contributed by atoms with Gasteiger partial charge in [-0.1, -0.05) is 42.5 Å². The molecular formula is C20H18FN3O2S. The van der Waals surface area contributed by atoms with Crippen LogP contribution in [0, 0.1) is 5.82 Å². The summed E-state index contributed by atoms with van der Waals surface area (Å²) in [4.78, 5) is 28.3. The molecule has 1 aromatic heterocycles. The van der Waals surface area contributed by atoms with Crippen molar-refractivity contribution in [3.05, 3.63) is 82.6 Å². The number of carbonyl (C=O) groups excluding carboxylic acids is 2. The van der Waals surface area contributed by atoms with Gasteiger partial charge in [0.1, 0.15) is 11.5 Å². The number of hydrogen-bond donors (Lipinski definition) is 2. The molecule has 2 N–H and O–H groups in total. The molecule has 0 bridgehead atoms. The predicted molar refractivity (Wildman–Crippen MR) is 103 cm³/mol. The highest BCUT2D eigenvalue weighted by Gasteiger charge is 2.12. The van der Waals surface area contributed by atoms with Crippen molar-refractivity contribution in [3.63, 3.8) is 0 Å². The van der Waals surface area contributed by atoms with E-state index in [-0.39, 0.29) is 29.9 Å². The van der Waals surface area contributed by atoms with Gasteiger partial charge >= 0.3 is 0 Å². The number of amides is 2. The molecule has 0 unspecified atom stereocenters. The summed E-state index contributed by atoms with van der Waals surface area (Å²) in [5, 5.41) is 7.41. The van der Waals surface area contributed by atoms with Crippen molar-refractivity contribution in [3.8, 4) is 0 Å². The van der Waals surface area contributed by atoms with Crippen LogP contribution in [-0.2, 0) is 17.8 Å². The average molecular weight is 383 g/mol. The zero-order chi connectivity index (χ0) is 19.1. The summed E-state index contributed by atoms with van der Waals surface area (Å²) in [7, 11) is 0. The maximum absolute atomic E-state index is 12.9. The Morgan fingerprint density at radius 2 is 1.74 bits per heavy atom. The quantitative estimate of drug-likeness (QED) is 0.652. The van der Waals surface area contributed by atoms with E-state index in [0.717, 1.165) is 11.1 Å². The number of aryl methyl sites for hydroxylation is 1. The van der Waals surface area contributed by atoms with Crippen molar-refractivity contribution < 1.29 is 14.0 Å². The lowest BCUT2D eigenvalue weighted by atomic mass is 10.1. The summed E-state index contributed by atoms with van der Waals surface area (Å²) in [6.07, 6.45) is 0.985. The van der Waals surface area contributed by atoms with Gasteiger partial charge in [0.05, 0.1) is 0 Å². The minimum absolute atomic E-state index is 0.147. The highest BCUT2D eigenvalue weighted by atomic mass is 32.1. The second kappa shape index (κ2) is 9.05. The normalized spacial score (nSPS) is 10.4. The van der Waals surface area contributed by atoms with Crippen molar-refractivity contribution in [1.29, 1.82) is 0 Å². The molecule has 5 nitrogen and oxygen atoms in total. The molecule has 3 aromatic rings. The third kappa shape index (κ3) is 5.72. The van der Waals surface area contributed by atoms with E-state index in [1.54, 1.807) is 17.5 Å². The van der Waals surface area contributed by atoms with Gasteiger partial charge in [-0.2, -0.15) is 0 Å². The van der Waals surface area contributed by atoms with Crippen molar-refractivity contribution >= 4 is 28.3 Å². The number of anilines is 1. The standard InChI is InChI=1S/C20H18FN3O2S/c21-16-9-6-15(7-10-16)12-22-19(26)17-13-27-20(23-17)24-18(25)11-8-14-4-2-1-3-5-14/h1-7,9-10,13H,8,11-12H2,(H,22,26)(H,23,24,25). The van der Waals surface area contributed by atoms with Crippen molar-refractivity contribution in [2.45, 2.75) is 19.4 Å². The molecule has 0 aliphatic heterocycles. The van der Waals surface area contributed by atoms with E-state index in [4.69, 9.17) is 0 Å². The Balaban J connectivity index is 1.47. The van der Waals surface area contributed by atoms with Crippen LogP contribution in [-0.4, -0.2) is 16.8 Å². The van der Waals surface area contributed by atoms with Crippen LogP contribution in [0.4, 0.5) is 9.52 Å². The number of nitrogens with zero attached hydrogens (tertiary/aromatic N) is 1. The van der Waals surface area contributed by atoms with Crippen LogP contribution < -0.4 is 10.6 Å². The number of rotatable bonds is 7. The molecule has 138 valence electrons. The van der Waals surface area contributed by atoms with E-state index in [9.17, 15) is 14.0 Å². The number of halogens is 1. The van der Waals surface area contributed by atoms with Crippen LogP contribution in [0.5, 0.6) is 0 Å². The Kier molecular flexibility index (Phi) is 6.27. The van der Waals surface area contributed by atoms with Crippen LogP contribution in [0.15, 0.2) is 60.0 Å². The van der Waals surface area contributed by atoms with Crippen LogP contribution in [0.1, 0.15) is 28.0 Å². The molecule has 7 heteroatoms. The van der Waals surface area contributed by atoms with Gasteiger partial charge in [0.2, 0.25) is 5.91 Å². The highest BCUT2D eigenvalue weighted by Crippen LogP contribution is 2.16. The minimum Gasteiger partial charge on any atom is -0.347 e. The van der Waals surface area contributed by atoms with Gasteiger partial charge in [-0.3, -0.25) is 9.59 Å². The van der Waals surface area contributed by atoms with Crippen molar-refractivity contribution in [2.75, 3.05) is 5.32 Å². The van der Waals surface area contributed by atoms with Crippen LogP contribution >= 0.6 is 11.3 Å². The molecule has 0 aliphatic carbocycles. The Labute approximate surface area is 160 Å². The van der Waals surface area contributed by atoms with Gasteiger partial charge in [-0.15, -0.1) is 11.3 Å². The molecule has 2 aromatic carbocycles. The molecule has 2 amide bonds. The van der Waals surface area contributed by atoms with Crippen LogP contribution in [0.25, 0.3) is 0 Å². The average Bonchev–Trinajstić information content (AvgIpc) is 3.15. The fourth-order valence-corrected chi connectivity index (χ4v) is 3.10. The zero-order valence-corrected chi connectivity index (χ0v) is 15.3. The van der Waals surface area contributed by atoms with Crippen molar-refractivity contribution in [1.82, 2.24) is 10.3 Å². The smallest absolute Gasteiger partial charge is 0.271 e. The molecule has 0 fully saturated rings. The monoisotopic (exact) mass is 383 g/mol. The molecule has 0 saturated heterocycles. The van der Waals surface area contributed by atoms with Gasteiger partial charge < -0.3 is 10.6 Å². The van der Waals surface area contributed by atoms with E-state index in [2.05, 4.69) is 15.6 Å². The van der Waals surface area contributed by atoms with E-state index in [1.807, 2.05) is 30.3 Å². The van der Waals surface area contributed by atoms with Gasteiger partial charge in [-0.05, 0) is 29.7 Å². The number of hydrogen-bond acceptors (Lipinski definition) is 4. The fourth-order valence-electron chi connectivity index (χ4n) is 2.39. The van der Waals surface area contributed by atoms with Gasteiger partial charge in [0.25, 0.3) is 5.91 Å². The molecule has 3 rings (SSSR count). The lowest BCUT2D eigenvalue weighted by molar-refractivity contribution is -0.116. The molecule has 0 radical (unpaired) electrons. The molecule has 27 heavy (non-hydrogen) atoms. The number of aromatic nitrogens is 1. The second-order valence-corrected chi connectivity index (χ2v) is 6.74. The molecule has 1 heterocycles. The first kappa shape index (κ1) is 18.7. The molecule has 0 aliphatic rings. The summed E-state index contributed by atoms with van der Waals surface area (Å²) in [5.74, 6) is -0.816. The topological polar surface area (TPSA) is 71.1 Å². The summed E-state index contributed by atoms with van der Waals surface area (Å²) in [5.41, 5.74) is 2.11. The van der Waals surface area contributed by atoms with Crippen LogP contribution in [0.2, 0.25) is 0 Å². The Morgan fingerprint density at radius 1 is 1.00 bits per heavy atom. The Bertz CT molecular complexity index is 910. The first-order valence-corrected chi connectivity index (χ1v) is 9.30. The summed E-state index contributed by atoms with van der Waals surface area (Å²) < 4.78 is 12.9. The summed E-state index contributed by atoms with van der Waals surface area (Å²) >= 11 is 1.20. The maximum Gasteiger partial charge on any atom is 0.271 e. The van der Waals surface area contributed by atoms with E-state index >= 15 is 0 Å². The SMILES string of the molecule is O=C(CCc1ccccc1)Nc1nc(C(=O)NCc2ccc(F)cc2)cs1. The van der Waals surface area contributed by atoms with Gasteiger partial charge in [0, 0.05) is 18.3 Å². The Hall–Kier alpha value is -3.06. The lowest BCUT2D eigenvalue weighted by Gasteiger charge is -2.04. The predicted octanol–water partition coefficient (Wildman–Crippen LogP) is 3.78. The number of thiazole rings is 1. The van der Waals surface area contributed by atoms with Crippen LogP contribution in [0.3, 0.4) is 0 Å². The molecule has 0 saturated carbocycles. The largest absolute Gasteiger partial charge is 0.347 e. The van der Waals surface area contributed by atoms with Gasteiger partial charge in [-0.25, -0.2) is 9.37 Å². The third-order valence-electron chi connectivity index (χ3n) is 3.83. The molecule has 0 spiro atoms. The first-order chi connectivity index (χ1) is 13.1. The fraction of sp³-hybridized carbons (Fsp3) is 0.150. The van der Waals surface area contributed by atoms with E-state index in [0.29, 0.717) is 18.0 Å². The number of nitrogens with one attached hydrogen (secondary N) is 2. The minimum atomic E-state index is -0.347.